The predicted octanol–water partition coefficient (Wildman–Crippen LogP) is 0.867. The lowest BCUT2D eigenvalue weighted by molar-refractivity contribution is -0.143. The quantitative estimate of drug-likeness (QED) is 0.401. The molecule has 0 aromatic heterocycles. The molecule has 0 saturated heterocycles. The van der Waals surface area contributed by atoms with Crippen molar-refractivity contribution in [2.75, 3.05) is 13.2 Å². The number of esters is 1. The van der Waals surface area contributed by atoms with Gasteiger partial charge < -0.3 is 15.2 Å². The fourth-order valence-corrected chi connectivity index (χ4v) is 1.13. The molecule has 0 rings (SSSR count). The van der Waals surface area contributed by atoms with E-state index in [-0.39, 0.29) is 23.5 Å². The van der Waals surface area contributed by atoms with Crippen LogP contribution >= 0.6 is 0 Å². The van der Waals surface area contributed by atoms with Crippen LogP contribution in [-0.2, 0) is 19.1 Å². The normalized spacial score (nSPS) is 11.5. The summed E-state index contributed by atoms with van der Waals surface area (Å²) in [5, 5.41) is 11.3. The van der Waals surface area contributed by atoms with Gasteiger partial charge in [-0.2, -0.15) is 0 Å². The number of amides is 1. The molecule has 0 aliphatic heterocycles. The smallest absolute Gasteiger partial charge is 0.331 e. The SMILES string of the molecule is CCOC(=O)CCCNC(=O)C(C)=C(C)C(=O)O. The third-order valence-electron chi connectivity index (χ3n) is 2.37. The first-order valence-electron chi connectivity index (χ1n) is 5.74. The second kappa shape index (κ2) is 8.27. The summed E-state index contributed by atoms with van der Waals surface area (Å²) in [6.45, 7) is 5.19. The van der Waals surface area contributed by atoms with E-state index in [1.165, 1.54) is 13.8 Å². The Morgan fingerprint density at radius 1 is 1.17 bits per heavy atom. The first kappa shape index (κ1) is 16.1. The molecule has 2 N–H and O–H groups in total. The highest BCUT2D eigenvalue weighted by atomic mass is 16.5. The van der Waals surface area contributed by atoms with Gasteiger partial charge in [0, 0.05) is 24.1 Å². The first-order chi connectivity index (χ1) is 8.40. The van der Waals surface area contributed by atoms with Crippen LogP contribution in [0.2, 0.25) is 0 Å². The summed E-state index contributed by atoms with van der Waals surface area (Å²) in [4.78, 5) is 33.1. The lowest BCUT2D eigenvalue weighted by Crippen LogP contribution is -2.27. The van der Waals surface area contributed by atoms with Crippen LogP contribution in [0.3, 0.4) is 0 Å². The van der Waals surface area contributed by atoms with E-state index in [9.17, 15) is 14.4 Å². The summed E-state index contributed by atoms with van der Waals surface area (Å²) in [6, 6.07) is 0. The van der Waals surface area contributed by atoms with Crippen LogP contribution in [0.4, 0.5) is 0 Å². The number of nitrogens with one attached hydrogen (secondary N) is 1. The third kappa shape index (κ3) is 6.03. The third-order valence-corrected chi connectivity index (χ3v) is 2.37. The van der Waals surface area contributed by atoms with Crippen molar-refractivity contribution in [3.63, 3.8) is 0 Å². The molecule has 0 heterocycles. The number of hydrogen-bond donors (Lipinski definition) is 2. The molecule has 0 aliphatic rings. The number of carboxylic acids is 1. The number of ether oxygens (including phenoxy) is 1. The Bertz CT molecular complexity index is 359. The Morgan fingerprint density at radius 3 is 2.28 bits per heavy atom. The summed E-state index contributed by atoms with van der Waals surface area (Å²) < 4.78 is 4.73. The van der Waals surface area contributed by atoms with E-state index in [1.807, 2.05) is 0 Å². The first-order valence-corrected chi connectivity index (χ1v) is 5.74. The Labute approximate surface area is 106 Å². The molecule has 0 radical (unpaired) electrons. The van der Waals surface area contributed by atoms with Crippen LogP contribution < -0.4 is 5.32 Å². The zero-order valence-electron chi connectivity index (χ0n) is 10.9. The summed E-state index contributed by atoms with van der Waals surface area (Å²) in [7, 11) is 0. The summed E-state index contributed by atoms with van der Waals surface area (Å²) >= 11 is 0. The van der Waals surface area contributed by atoms with E-state index in [4.69, 9.17) is 9.84 Å². The van der Waals surface area contributed by atoms with E-state index in [0.717, 1.165) is 0 Å². The summed E-state index contributed by atoms with van der Waals surface area (Å²) in [5.41, 5.74) is 0.177. The van der Waals surface area contributed by atoms with Crippen LogP contribution in [0.5, 0.6) is 0 Å². The zero-order chi connectivity index (χ0) is 14.1. The fraction of sp³-hybridized carbons (Fsp3) is 0.583. The van der Waals surface area contributed by atoms with Gasteiger partial charge in [-0.15, -0.1) is 0 Å². The van der Waals surface area contributed by atoms with Crippen LogP contribution in [-0.4, -0.2) is 36.1 Å². The van der Waals surface area contributed by atoms with Gasteiger partial charge in [0.2, 0.25) is 5.91 Å². The van der Waals surface area contributed by atoms with Crippen LogP contribution in [0, 0.1) is 0 Å². The van der Waals surface area contributed by atoms with Gasteiger partial charge in [0.25, 0.3) is 0 Å². The number of carbonyl (C=O) groups is 3. The number of hydrogen-bond acceptors (Lipinski definition) is 4. The predicted molar refractivity (Wildman–Crippen MR) is 64.9 cm³/mol. The second-order valence-electron chi connectivity index (χ2n) is 3.72. The molecular weight excluding hydrogens is 238 g/mol. The van der Waals surface area contributed by atoms with Crippen LogP contribution in [0.25, 0.3) is 0 Å². The van der Waals surface area contributed by atoms with Gasteiger partial charge in [-0.3, -0.25) is 9.59 Å². The maximum absolute atomic E-state index is 11.5. The van der Waals surface area contributed by atoms with Crippen molar-refractivity contribution < 1.29 is 24.2 Å². The van der Waals surface area contributed by atoms with Crippen molar-refractivity contribution in [2.45, 2.75) is 33.6 Å². The molecule has 6 heteroatoms. The van der Waals surface area contributed by atoms with E-state index >= 15 is 0 Å². The Balaban J connectivity index is 4.02. The largest absolute Gasteiger partial charge is 0.478 e. The molecule has 0 saturated carbocycles. The van der Waals surface area contributed by atoms with E-state index < -0.39 is 11.9 Å². The lowest BCUT2D eigenvalue weighted by Gasteiger charge is -2.06. The van der Waals surface area contributed by atoms with Gasteiger partial charge in [0.1, 0.15) is 0 Å². The Morgan fingerprint density at radius 2 is 1.78 bits per heavy atom. The van der Waals surface area contributed by atoms with Gasteiger partial charge in [-0.05, 0) is 27.2 Å². The maximum Gasteiger partial charge on any atom is 0.331 e. The molecule has 0 aromatic carbocycles. The van der Waals surface area contributed by atoms with E-state index in [0.29, 0.717) is 19.6 Å². The molecule has 0 aliphatic carbocycles. The van der Waals surface area contributed by atoms with E-state index in [1.54, 1.807) is 6.92 Å². The standard InChI is InChI=1S/C12H19NO5/c1-4-18-10(14)6-5-7-13-11(15)8(2)9(3)12(16)17/h4-7H2,1-3H3,(H,13,15)(H,16,17). The minimum atomic E-state index is -1.12. The highest BCUT2D eigenvalue weighted by molar-refractivity contribution is 6.01. The minimum absolute atomic E-state index is 0.0119. The van der Waals surface area contributed by atoms with Gasteiger partial charge in [0.05, 0.1) is 6.61 Å². The highest BCUT2D eigenvalue weighted by Crippen LogP contribution is 2.03. The van der Waals surface area contributed by atoms with Gasteiger partial charge in [-0.25, -0.2) is 4.79 Å². The number of carboxylic acid groups (broad SMARTS) is 1. The van der Waals surface area contributed by atoms with Gasteiger partial charge in [-0.1, -0.05) is 0 Å². The Hall–Kier alpha value is -1.85. The van der Waals surface area contributed by atoms with Crippen molar-refractivity contribution in [1.29, 1.82) is 0 Å². The fourth-order valence-electron chi connectivity index (χ4n) is 1.13. The minimum Gasteiger partial charge on any atom is -0.478 e. The molecule has 1 amide bonds. The van der Waals surface area contributed by atoms with E-state index in [2.05, 4.69) is 5.32 Å². The van der Waals surface area contributed by atoms with Crippen LogP contribution in [0.1, 0.15) is 33.6 Å². The Kier molecular flexibility index (Phi) is 7.42. The van der Waals surface area contributed by atoms with Crippen molar-refractivity contribution in [3.05, 3.63) is 11.1 Å². The molecule has 102 valence electrons. The van der Waals surface area contributed by atoms with Crippen molar-refractivity contribution >= 4 is 17.8 Å². The van der Waals surface area contributed by atoms with Crippen molar-refractivity contribution in [1.82, 2.24) is 5.32 Å². The number of carbonyl (C=O) groups excluding carboxylic acids is 2. The van der Waals surface area contributed by atoms with Crippen molar-refractivity contribution in [3.8, 4) is 0 Å². The topological polar surface area (TPSA) is 92.7 Å². The zero-order valence-corrected chi connectivity index (χ0v) is 10.9. The molecule has 0 unspecified atom stereocenters. The van der Waals surface area contributed by atoms with Crippen LogP contribution in [0.15, 0.2) is 11.1 Å². The molecule has 18 heavy (non-hydrogen) atoms. The molecule has 0 bridgehead atoms. The molecule has 0 spiro atoms. The number of rotatable bonds is 7. The molecule has 0 atom stereocenters. The highest BCUT2D eigenvalue weighted by Gasteiger charge is 2.12. The van der Waals surface area contributed by atoms with Crippen molar-refractivity contribution in [2.24, 2.45) is 0 Å². The van der Waals surface area contributed by atoms with Gasteiger partial charge >= 0.3 is 11.9 Å². The average Bonchev–Trinajstić information content (AvgIpc) is 2.32. The van der Waals surface area contributed by atoms with Gasteiger partial charge in [0.15, 0.2) is 0 Å². The summed E-state index contributed by atoms with van der Waals surface area (Å²) in [6.07, 6.45) is 0.693. The maximum atomic E-state index is 11.5. The molecule has 0 fully saturated rings. The molecular formula is C12H19NO5. The lowest BCUT2D eigenvalue weighted by atomic mass is 10.1. The number of aliphatic carboxylic acids is 1. The monoisotopic (exact) mass is 257 g/mol. The average molecular weight is 257 g/mol. The molecule has 6 nitrogen and oxygen atoms in total. The second-order valence-corrected chi connectivity index (χ2v) is 3.72. The summed E-state index contributed by atoms with van der Waals surface area (Å²) in [5.74, 6) is -1.85. The molecule has 0 aromatic rings.